The molecule has 0 aromatic carbocycles. The van der Waals surface area contributed by atoms with Crippen molar-refractivity contribution in [3.05, 3.63) is 116 Å². The highest BCUT2D eigenvalue weighted by atomic mass is 16.6. The van der Waals surface area contributed by atoms with Crippen LogP contribution < -0.4 is 11.2 Å². The average molecular weight is 578 g/mol. The third-order valence-corrected chi connectivity index (χ3v) is 6.38. The Morgan fingerprint density at radius 2 is 1.55 bits per heavy atom. The van der Waals surface area contributed by atoms with E-state index in [2.05, 4.69) is 82.7 Å². The van der Waals surface area contributed by atoms with Crippen LogP contribution in [-0.2, 0) is 14.3 Å². The molecule has 10 heteroatoms. The van der Waals surface area contributed by atoms with E-state index in [1.165, 1.54) is 10.8 Å². The molecule has 2 heterocycles. The number of carbonyl (C=O) groups excluding carboxylic acids is 1. The maximum absolute atomic E-state index is 12.2. The van der Waals surface area contributed by atoms with Crippen molar-refractivity contribution >= 4 is 5.97 Å². The van der Waals surface area contributed by atoms with Gasteiger partial charge in [0.25, 0.3) is 5.56 Å². The first-order valence-corrected chi connectivity index (χ1v) is 14.5. The minimum atomic E-state index is -0.744. The predicted octanol–water partition coefficient (Wildman–Crippen LogP) is 6.83. The van der Waals surface area contributed by atoms with Crippen LogP contribution in [0.3, 0.4) is 0 Å². The van der Waals surface area contributed by atoms with Crippen LogP contribution in [0.1, 0.15) is 76.5 Å². The normalized spacial score (nSPS) is 19.3. The predicted molar refractivity (Wildman–Crippen MR) is 166 cm³/mol. The standard InChI is InChI=1S/C32H43N5O5/c1-3-4-5-6-7-8-9-10-11-12-13-14-15-16-17-18-19-20-21-22-30(38)41-25-28-27(35-36-33)23-29(42-28)37-24-26(2)31(39)34-32(37)40/h4-5,7-8,10-11,13-14,16-17,19-20,24,27-29H,3,6,9,12,15,18,21-23,25H2,1-2H3,(H,34,39,40)/t27?,28-,29-/m1/s1. The summed E-state index contributed by atoms with van der Waals surface area (Å²) >= 11 is 0. The zero-order valence-corrected chi connectivity index (χ0v) is 24.6. The fraction of sp³-hybridized carbons (Fsp3) is 0.469. The van der Waals surface area contributed by atoms with Crippen molar-refractivity contribution in [2.24, 2.45) is 5.11 Å². The molecule has 0 aliphatic carbocycles. The highest BCUT2D eigenvalue weighted by Crippen LogP contribution is 2.30. The van der Waals surface area contributed by atoms with Crippen LogP contribution in [0.15, 0.2) is 93.8 Å². The van der Waals surface area contributed by atoms with Gasteiger partial charge in [0.2, 0.25) is 0 Å². The van der Waals surface area contributed by atoms with E-state index in [1.54, 1.807) is 6.92 Å². The molecule has 0 spiro atoms. The van der Waals surface area contributed by atoms with Crippen LogP contribution in [0.4, 0.5) is 0 Å². The molecule has 1 aliphatic heterocycles. The monoisotopic (exact) mass is 577 g/mol. The molecule has 1 aromatic heterocycles. The highest BCUT2D eigenvalue weighted by molar-refractivity contribution is 5.69. The summed E-state index contributed by atoms with van der Waals surface area (Å²) in [4.78, 5) is 41.1. The van der Waals surface area contributed by atoms with E-state index in [9.17, 15) is 14.4 Å². The molecule has 10 nitrogen and oxygen atoms in total. The zero-order chi connectivity index (χ0) is 30.4. The molecular formula is C32H43N5O5. The van der Waals surface area contributed by atoms with Gasteiger partial charge in [-0.25, -0.2) is 4.79 Å². The second-order valence-electron chi connectivity index (χ2n) is 9.75. The number of H-pyrrole nitrogens is 1. The lowest BCUT2D eigenvalue weighted by Gasteiger charge is -2.16. The summed E-state index contributed by atoms with van der Waals surface area (Å²) in [7, 11) is 0. The van der Waals surface area contributed by atoms with Crippen molar-refractivity contribution in [3.63, 3.8) is 0 Å². The van der Waals surface area contributed by atoms with Gasteiger partial charge >= 0.3 is 11.7 Å². The first-order valence-electron chi connectivity index (χ1n) is 14.5. The summed E-state index contributed by atoms with van der Waals surface area (Å²) < 4.78 is 12.4. The molecule has 1 N–H and O–H groups in total. The van der Waals surface area contributed by atoms with Crippen molar-refractivity contribution in [1.29, 1.82) is 0 Å². The number of hydrogen-bond donors (Lipinski definition) is 1. The Balaban J connectivity index is 1.60. The van der Waals surface area contributed by atoms with E-state index in [1.807, 2.05) is 12.2 Å². The van der Waals surface area contributed by atoms with Crippen LogP contribution in [0.25, 0.3) is 10.4 Å². The summed E-state index contributed by atoms with van der Waals surface area (Å²) in [5.41, 5.74) is 8.15. The maximum atomic E-state index is 12.2. The van der Waals surface area contributed by atoms with Crippen molar-refractivity contribution in [1.82, 2.24) is 9.55 Å². The fourth-order valence-corrected chi connectivity index (χ4v) is 4.11. The van der Waals surface area contributed by atoms with E-state index in [4.69, 9.17) is 15.0 Å². The van der Waals surface area contributed by atoms with Crippen molar-refractivity contribution in [3.8, 4) is 0 Å². The second-order valence-corrected chi connectivity index (χ2v) is 9.75. The van der Waals surface area contributed by atoms with Crippen LogP contribution in [0.2, 0.25) is 0 Å². The number of rotatable bonds is 18. The molecule has 3 atom stereocenters. The Hall–Kier alpha value is -4.14. The lowest BCUT2D eigenvalue weighted by Crippen LogP contribution is -2.33. The fourth-order valence-electron chi connectivity index (χ4n) is 4.11. The SMILES string of the molecule is CCC=CCC=CCC=CCC=CCC=CCC=CCCC(=O)OC[C@H]1O[C@@H](n2cc(C)c(=O)[nH]c2=O)CC1N=[N+]=[N-]. The van der Waals surface area contributed by atoms with Gasteiger partial charge < -0.3 is 9.47 Å². The molecular weight excluding hydrogens is 534 g/mol. The average Bonchev–Trinajstić information content (AvgIpc) is 3.37. The van der Waals surface area contributed by atoms with Gasteiger partial charge in [-0.15, -0.1) is 0 Å². The number of nitrogens with one attached hydrogen (secondary N) is 1. The molecule has 1 aliphatic rings. The Kier molecular flexibility index (Phi) is 16.8. The van der Waals surface area contributed by atoms with Crippen LogP contribution >= 0.6 is 0 Å². The molecule has 0 bridgehead atoms. The summed E-state index contributed by atoms with van der Waals surface area (Å²) in [5, 5.41) is 3.73. The number of ether oxygens (including phenoxy) is 2. The van der Waals surface area contributed by atoms with Gasteiger partial charge in [-0.1, -0.05) is 85.0 Å². The van der Waals surface area contributed by atoms with Crippen molar-refractivity contribution in [2.75, 3.05) is 6.61 Å². The summed E-state index contributed by atoms with van der Waals surface area (Å²) in [6.45, 7) is 3.61. The molecule has 42 heavy (non-hydrogen) atoms. The van der Waals surface area contributed by atoms with E-state index in [0.29, 0.717) is 12.0 Å². The second kappa shape index (κ2) is 20.7. The van der Waals surface area contributed by atoms with Gasteiger partial charge in [0.1, 0.15) is 18.9 Å². The number of carbonyl (C=O) groups is 1. The molecule has 0 amide bonds. The Morgan fingerprint density at radius 3 is 2.10 bits per heavy atom. The Labute approximate surface area is 247 Å². The highest BCUT2D eigenvalue weighted by Gasteiger charge is 2.37. The Morgan fingerprint density at radius 1 is 1.00 bits per heavy atom. The van der Waals surface area contributed by atoms with E-state index in [0.717, 1.165) is 38.5 Å². The van der Waals surface area contributed by atoms with Crippen molar-refractivity contribution in [2.45, 2.75) is 90.0 Å². The molecule has 1 saturated heterocycles. The van der Waals surface area contributed by atoms with Gasteiger partial charge in [0.15, 0.2) is 0 Å². The maximum Gasteiger partial charge on any atom is 0.330 e. The number of hydrogen-bond acceptors (Lipinski definition) is 6. The third-order valence-electron chi connectivity index (χ3n) is 6.38. The van der Waals surface area contributed by atoms with Gasteiger partial charge in [0.05, 0.1) is 6.04 Å². The minimum Gasteiger partial charge on any atom is -0.463 e. The molecule has 0 radical (unpaired) electrons. The number of nitrogens with zero attached hydrogens (tertiary/aromatic N) is 4. The number of esters is 1. The van der Waals surface area contributed by atoms with E-state index in [-0.39, 0.29) is 19.4 Å². The number of azide groups is 1. The lowest BCUT2D eigenvalue weighted by molar-refractivity contribution is -0.148. The van der Waals surface area contributed by atoms with E-state index < -0.39 is 35.6 Å². The van der Waals surface area contributed by atoms with Gasteiger partial charge in [-0.2, -0.15) is 0 Å². The lowest BCUT2D eigenvalue weighted by atomic mass is 10.1. The zero-order valence-electron chi connectivity index (χ0n) is 24.6. The van der Waals surface area contributed by atoms with Crippen LogP contribution in [0.5, 0.6) is 0 Å². The molecule has 1 aromatic rings. The smallest absolute Gasteiger partial charge is 0.330 e. The van der Waals surface area contributed by atoms with Gasteiger partial charge in [-0.3, -0.25) is 19.1 Å². The quantitative estimate of drug-likeness (QED) is 0.0669. The van der Waals surface area contributed by atoms with Crippen LogP contribution in [0, 0.1) is 6.92 Å². The molecule has 226 valence electrons. The minimum absolute atomic E-state index is 0.0974. The third kappa shape index (κ3) is 13.5. The first kappa shape index (κ1) is 34.1. The largest absolute Gasteiger partial charge is 0.463 e. The number of aromatic nitrogens is 2. The number of aromatic amines is 1. The number of allylic oxidation sites excluding steroid dienone is 12. The molecule has 2 rings (SSSR count). The number of aryl methyl sites for hydroxylation is 1. The summed E-state index contributed by atoms with van der Waals surface area (Å²) in [6, 6.07) is -0.615. The summed E-state index contributed by atoms with van der Waals surface area (Å²) in [6.07, 6.45) is 32.1. The van der Waals surface area contributed by atoms with Gasteiger partial charge in [-0.05, 0) is 57.4 Å². The molecule has 1 fully saturated rings. The molecule has 1 unspecified atom stereocenters. The summed E-state index contributed by atoms with van der Waals surface area (Å²) in [5.74, 6) is -0.390. The molecule has 0 saturated carbocycles. The van der Waals surface area contributed by atoms with Crippen molar-refractivity contribution < 1.29 is 14.3 Å². The first-order chi connectivity index (χ1) is 20.5. The van der Waals surface area contributed by atoms with Gasteiger partial charge in [0, 0.05) is 29.5 Å². The van der Waals surface area contributed by atoms with Crippen LogP contribution in [-0.4, -0.2) is 34.3 Å². The van der Waals surface area contributed by atoms with E-state index >= 15 is 0 Å². The Bertz CT molecular complexity index is 1310. The topological polar surface area (TPSA) is 139 Å².